The molecule has 0 radical (unpaired) electrons. The summed E-state index contributed by atoms with van der Waals surface area (Å²) in [6, 6.07) is 9.73. The molecule has 0 saturated heterocycles. The lowest BCUT2D eigenvalue weighted by Crippen LogP contribution is -2.28. The van der Waals surface area contributed by atoms with E-state index in [0.29, 0.717) is 25.3 Å². The molecule has 1 unspecified atom stereocenters. The second-order valence-corrected chi connectivity index (χ2v) is 8.05. The maximum Gasteiger partial charge on any atom is 0.225 e. The number of nitrogens with one attached hydrogen (secondary N) is 1. The summed E-state index contributed by atoms with van der Waals surface area (Å²) in [6.07, 6.45) is 8.08. The van der Waals surface area contributed by atoms with Crippen LogP contribution in [0.15, 0.2) is 53.9 Å². The molecule has 0 aliphatic carbocycles. The Balaban J connectivity index is 1.24. The van der Waals surface area contributed by atoms with E-state index in [-0.39, 0.29) is 11.8 Å². The minimum Gasteiger partial charge on any atom is -0.493 e. The molecule has 0 saturated carbocycles. The standard InChI is InChI=1S/C24H20N4O3/c29-23-4-2-18-22(6-8-26-24(18)28-23)31-17-1-3-21-14(10-17)9-16(13-30-21)20-11-15-12-25-7-5-19(15)27-20/h1,3,5-8,10,12,16H,2,4,9,11,13H2,(H,26,28,29). The van der Waals surface area contributed by atoms with Gasteiger partial charge in [-0.1, -0.05) is 0 Å². The molecule has 1 N–H and O–H groups in total. The second kappa shape index (κ2) is 7.19. The van der Waals surface area contributed by atoms with Crippen molar-refractivity contribution < 1.29 is 14.3 Å². The van der Waals surface area contributed by atoms with Crippen LogP contribution in [-0.2, 0) is 24.1 Å². The molecule has 5 heterocycles. The molecule has 7 heteroatoms. The number of hydrogen-bond acceptors (Lipinski definition) is 6. The molecule has 6 rings (SSSR count). The van der Waals surface area contributed by atoms with Crippen LogP contribution in [0.3, 0.4) is 0 Å². The number of ether oxygens (including phenoxy) is 2. The van der Waals surface area contributed by atoms with Gasteiger partial charge < -0.3 is 14.8 Å². The molecule has 2 aromatic heterocycles. The van der Waals surface area contributed by atoms with E-state index >= 15 is 0 Å². The first-order valence-electron chi connectivity index (χ1n) is 10.4. The predicted molar refractivity (Wildman–Crippen MR) is 115 cm³/mol. The fourth-order valence-electron chi connectivity index (χ4n) is 4.42. The summed E-state index contributed by atoms with van der Waals surface area (Å²) in [5.74, 6) is 3.17. The molecule has 7 nitrogen and oxygen atoms in total. The molecule has 1 amide bonds. The fraction of sp³-hybridized carbons (Fsp3) is 0.250. The average Bonchev–Trinajstić information content (AvgIpc) is 3.23. The Morgan fingerprint density at radius 1 is 1.10 bits per heavy atom. The summed E-state index contributed by atoms with van der Waals surface area (Å²) < 4.78 is 12.2. The van der Waals surface area contributed by atoms with Crippen molar-refractivity contribution in [2.75, 3.05) is 11.9 Å². The van der Waals surface area contributed by atoms with E-state index < -0.39 is 0 Å². The lowest BCUT2D eigenvalue weighted by atomic mass is 9.90. The topological polar surface area (TPSA) is 85.7 Å². The number of aromatic nitrogens is 2. The van der Waals surface area contributed by atoms with Gasteiger partial charge in [-0.2, -0.15) is 0 Å². The van der Waals surface area contributed by atoms with Crippen LogP contribution in [0.5, 0.6) is 17.2 Å². The third kappa shape index (κ3) is 3.32. The maximum absolute atomic E-state index is 11.6. The van der Waals surface area contributed by atoms with E-state index in [9.17, 15) is 4.79 Å². The van der Waals surface area contributed by atoms with Crippen molar-refractivity contribution in [3.8, 4) is 17.2 Å². The van der Waals surface area contributed by atoms with Crippen molar-refractivity contribution in [2.24, 2.45) is 10.9 Å². The van der Waals surface area contributed by atoms with Gasteiger partial charge in [0.05, 0.1) is 12.3 Å². The molecule has 0 bridgehead atoms. The van der Waals surface area contributed by atoms with Crippen LogP contribution in [-0.4, -0.2) is 28.2 Å². The molecule has 31 heavy (non-hydrogen) atoms. The van der Waals surface area contributed by atoms with Crippen LogP contribution < -0.4 is 14.8 Å². The highest BCUT2D eigenvalue weighted by Gasteiger charge is 2.28. The Kier molecular flexibility index (Phi) is 4.19. The Labute approximate surface area is 179 Å². The third-order valence-corrected chi connectivity index (χ3v) is 6.02. The molecule has 0 fully saturated rings. The highest BCUT2D eigenvalue weighted by molar-refractivity contribution is 5.96. The average molecular weight is 412 g/mol. The number of pyridine rings is 2. The van der Waals surface area contributed by atoms with Gasteiger partial charge in [-0.05, 0) is 48.7 Å². The number of amides is 1. The quantitative estimate of drug-likeness (QED) is 0.702. The van der Waals surface area contributed by atoms with Crippen molar-refractivity contribution in [1.29, 1.82) is 0 Å². The summed E-state index contributed by atoms with van der Waals surface area (Å²) in [7, 11) is 0. The molecule has 3 aliphatic rings. The second-order valence-electron chi connectivity index (χ2n) is 8.05. The number of anilines is 1. The molecular weight excluding hydrogens is 392 g/mol. The number of nitrogens with zero attached hydrogens (tertiary/aromatic N) is 3. The first-order chi connectivity index (χ1) is 15.2. The zero-order valence-corrected chi connectivity index (χ0v) is 16.8. The van der Waals surface area contributed by atoms with Gasteiger partial charge in [0.2, 0.25) is 5.91 Å². The first-order valence-corrected chi connectivity index (χ1v) is 10.4. The van der Waals surface area contributed by atoms with Gasteiger partial charge in [0, 0.05) is 54.2 Å². The minimum absolute atomic E-state index is 0.0121. The van der Waals surface area contributed by atoms with Gasteiger partial charge in [-0.15, -0.1) is 0 Å². The number of fused-ring (bicyclic) bond motifs is 3. The Morgan fingerprint density at radius 2 is 2.06 bits per heavy atom. The molecule has 3 aliphatic heterocycles. The molecular formula is C24H20N4O3. The van der Waals surface area contributed by atoms with Crippen LogP contribution in [0.25, 0.3) is 0 Å². The van der Waals surface area contributed by atoms with E-state index in [1.165, 1.54) is 5.56 Å². The summed E-state index contributed by atoms with van der Waals surface area (Å²) >= 11 is 0. The highest BCUT2D eigenvalue weighted by Crippen LogP contribution is 2.37. The number of carbonyl (C=O) groups excluding carboxylic acids is 1. The van der Waals surface area contributed by atoms with E-state index in [0.717, 1.165) is 52.6 Å². The smallest absolute Gasteiger partial charge is 0.225 e. The van der Waals surface area contributed by atoms with Crippen molar-refractivity contribution in [2.45, 2.75) is 25.7 Å². The van der Waals surface area contributed by atoms with Gasteiger partial charge in [-0.25, -0.2) is 4.98 Å². The van der Waals surface area contributed by atoms with Crippen LogP contribution in [0.1, 0.15) is 23.1 Å². The summed E-state index contributed by atoms with van der Waals surface area (Å²) in [4.78, 5) is 24.9. The van der Waals surface area contributed by atoms with Crippen LogP contribution in [0.2, 0.25) is 0 Å². The highest BCUT2D eigenvalue weighted by atomic mass is 16.5. The number of hydrogen-bond donors (Lipinski definition) is 1. The molecule has 1 atom stereocenters. The lowest BCUT2D eigenvalue weighted by Gasteiger charge is -2.26. The third-order valence-electron chi connectivity index (χ3n) is 6.02. The van der Waals surface area contributed by atoms with Crippen LogP contribution in [0, 0.1) is 5.92 Å². The first kappa shape index (κ1) is 18.1. The maximum atomic E-state index is 11.6. The van der Waals surface area contributed by atoms with Crippen molar-refractivity contribution >= 4 is 23.1 Å². The monoisotopic (exact) mass is 412 g/mol. The Bertz CT molecular complexity index is 1240. The van der Waals surface area contributed by atoms with Crippen LogP contribution in [0.4, 0.5) is 11.5 Å². The van der Waals surface area contributed by atoms with Gasteiger partial charge >= 0.3 is 0 Å². The van der Waals surface area contributed by atoms with Crippen molar-refractivity contribution in [3.05, 3.63) is 65.6 Å². The van der Waals surface area contributed by atoms with Gasteiger partial charge in [0.25, 0.3) is 0 Å². The van der Waals surface area contributed by atoms with Gasteiger partial charge in [-0.3, -0.25) is 14.8 Å². The van der Waals surface area contributed by atoms with E-state index in [1.807, 2.05) is 36.5 Å². The largest absolute Gasteiger partial charge is 0.493 e. The van der Waals surface area contributed by atoms with E-state index in [4.69, 9.17) is 14.5 Å². The molecule has 1 aromatic carbocycles. The lowest BCUT2D eigenvalue weighted by molar-refractivity contribution is -0.116. The zero-order valence-electron chi connectivity index (χ0n) is 16.8. The molecule has 3 aromatic rings. The number of aliphatic imine (C=N–C) groups is 1. The summed E-state index contributed by atoms with van der Waals surface area (Å²) in [5, 5.41) is 2.81. The Morgan fingerprint density at radius 3 is 3.00 bits per heavy atom. The predicted octanol–water partition coefficient (Wildman–Crippen LogP) is 4.03. The number of benzene rings is 1. The Hall–Kier alpha value is -3.74. The normalized spacial score (nSPS) is 18.8. The van der Waals surface area contributed by atoms with E-state index in [2.05, 4.69) is 15.3 Å². The summed E-state index contributed by atoms with van der Waals surface area (Å²) in [6.45, 7) is 0.630. The number of rotatable bonds is 3. The number of carbonyl (C=O) groups is 1. The van der Waals surface area contributed by atoms with Crippen LogP contribution >= 0.6 is 0 Å². The summed E-state index contributed by atoms with van der Waals surface area (Å²) in [5.41, 5.74) is 5.39. The van der Waals surface area contributed by atoms with Gasteiger partial charge in [0.15, 0.2) is 0 Å². The SMILES string of the molecule is O=C1CCc2c(Oc3ccc4c(c3)CC(C3=Nc5ccncc5C3)CO4)ccnc2N1. The molecule has 0 spiro atoms. The minimum atomic E-state index is -0.0121. The van der Waals surface area contributed by atoms with Crippen molar-refractivity contribution in [3.63, 3.8) is 0 Å². The zero-order chi connectivity index (χ0) is 20.8. The van der Waals surface area contributed by atoms with E-state index in [1.54, 1.807) is 12.4 Å². The van der Waals surface area contributed by atoms with Crippen molar-refractivity contribution in [1.82, 2.24) is 9.97 Å². The van der Waals surface area contributed by atoms with Gasteiger partial charge in [0.1, 0.15) is 23.1 Å². The molecule has 154 valence electrons. The fourth-order valence-corrected chi connectivity index (χ4v) is 4.42.